The van der Waals surface area contributed by atoms with Crippen LogP contribution in [0.5, 0.6) is 0 Å². The number of hydrogen-bond acceptors (Lipinski definition) is 5. The van der Waals surface area contributed by atoms with Gasteiger partial charge in [0.1, 0.15) is 0 Å². The lowest BCUT2D eigenvalue weighted by molar-refractivity contribution is 0.177. The Morgan fingerprint density at radius 2 is 2.25 bits per heavy atom. The predicted molar refractivity (Wildman–Crippen MR) is 58.8 cm³/mol. The largest absolute Gasteiger partial charge is 0.383 e. The molecule has 0 saturated heterocycles. The first-order chi connectivity index (χ1) is 7.79. The van der Waals surface area contributed by atoms with Crippen molar-refractivity contribution in [1.82, 2.24) is 10.1 Å². The van der Waals surface area contributed by atoms with Crippen LogP contribution in [0, 0.1) is 5.92 Å². The molecule has 1 aliphatic rings. The van der Waals surface area contributed by atoms with Crippen molar-refractivity contribution in [3.8, 4) is 0 Å². The Morgan fingerprint density at radius 1 is 1.50 bits per heavy atom. The van der Waals surface area contributed by atoms with Crippen molar-refractivity contribution in [2.75, 3.05) is 13.7 Å². The Hall–Kier alpha value is -0.940. The van der Waals surface area contributed by atoms with Gasteiger partial charge in [-0.2, -0.15) is 4.98 Å². The van der Waals surface area contributed by atoms with Crippen molar-refractivity contribution in [2.45, 2.75) is 38.1 Å². The Morgan fingerprint density at radius 3 is 2.94 bits per heavy atom. The summed E-state index contributed by atoms with van der Waals surface area (Å²) in [4.78, 5) is 4.31. The number of methoxy groups -OCH3 is 1. The highest BCUT2D eigenvalue weighted by atomic mass is 16.5. The summed E-state index contributed by atoms with van der Waals surface area (Å²) in [6.07, 6.45) is 6.11. The molecule has 1 aromatic rings. The van der Waals surface area contributed by atoms with Gasteiger partial charge in [0.2, 0.25) is 5.89 Å². The van der Waals surface area contributed by atoms with Gasteiger partial charge in [-0.15, -0.1) is 0 Å². The van der Waals surface area contributed by atoms with Gasteiger partial charge in [0, 0.05) is 13.5 Å². The van der Waals surface area contributed by atoms with Gasteiger partial charge in [-0.05, 0) is 18.8 Å². The van der Waals surface area contributed by atoms with Gasteiger partial charge < -0.3 is 15.0 Å². The quantitative estimate of drug-likeness (QED) is 0.821. The van der Waals surface area contributed by atoms with E-state index in [0.717, 1.165) is 6.42 Å². The third-order valence-corrected chi connectivity index (χ3v) is 3.10. The van der Waals surface area contributed by atoms with Crippen LogP contribution in [0.4, 0.5) is 0 Å². The average Bonchev–Trinajstić information content (AvgIpc) is 2.90. The Balaban J connectivity index is 1.90. The molecule has 5 nitrogen and oxygen atoms in total. The summed E-state index contributed by atoms with van der Waals surface area (Å²) in [7, 11) is 1.61. The van der Waals surface area contributed by atoms with Crippen molar-refractivity contribution in [3.05, 3.63) is 11.7 Å². The summed E-state index contributed by atoms with van der Waals surface area (Å²) in [6, 6.07) is -0.286. The minimum Gasteiger partial charge on any atom is -0.383 e. The van der Waals surface area contributed by atoms with Crippen molar-refractivity contribution >= 4 is 0 Å². The molecule has 1 aromatic heterocycles. The van der Waals surface area contributed by atoms with Crippen LogP contribution in [0.1, 0.15) is 43.4 Å². The molecular weight excluding hydrogens is 206 g/mol. The summed E-state index contributed by atoms with van der Waals surface area (Å²) >= 11 is 0. The molecule has 0 spiro atoms. The van der Waals surface area contributed by atoms with Crippen molar-refractivity contribution in [2.24, 2.45) is 11.7 Å². The van der Waals surface area contributed by atoms with E-state index in [1.807, 2.05) is 0 Å². The summed E-state index contributed by atoms with van der Waals surface area (Å²) in [5.74, 6) is 1.98. The first-order valence-electron chi connectivity index (χ1n) is 5.86. The van der Waals surface area contributed by atoms with E-state index in [9.17, 15) is 0 Å². The van der Waals surface area contributed by atoms with Gasteiger partial charge >= 0.3 is 0 Å². The lowest BCUT2D eigenvalue weighted by Gasteiger charge is -2.04. The van der Waals surface area contributed by atoms with E-state index in [1.54, 1.807) is 7.11 Å². The van der Waals surface area contributed by atoms with Crippen LogP contribution < -0.4 is 5.73 Å². The number of nitrogens with two attached hydrogens (primary N) is 1. The highest BCUT2D eigenvalue weighted by Gasteiger charge is 2.20. The van der Waals surface area contributed by atoms with Crippen LogP contribution >= 0.6 is 0 Å². The zero-order chi connectivity index (χ0) is 11.4. The Kier molecular flexibility index (Phi) is 3.90. The van der Waals surface area contributed by atoms with Crippen molar-refractivity contribution in [3.63, 3.8) is 0 Å². The highest BCUT2D eigenvalue weighted by molar-refractivity contribution is 4.94. The minimum atomic E-state index is -0.286. The molecule has 1 saturated carbocycles. The van der Waals surface area contributed by atoms with Crippen molar-refractivity contribution in [1.29, 1.82) is 0 Å². The van der Waals surface area contributed by atoms with E-state index >= 15 is 0 Å². The lowest BCUT2D eigenvalue weighted by Crippen LogP contribution is -2.17. The smallest absolute Gasteiger partial charge is 0.226 e. The molecular formula is C11H19N3O2. The molecule has 0 aromatic carbocycles. The standard InChI is InChI=1S/C11H19N3O2/c1-15-7-9(12)11-13-10(16-14-11)6-8-4-2-3-5-8/h8-9H,2-7,12H2,1H3. The molecule has 2 rings (SSSR count). The Labute approximate surface area is 95.3 Å². The van der Waals surface area contributed by atoms with Gasteiger partial charge in [-0.25, -0.2) is 0 Å². The molecule has 0 bridgehead atoms. The van der Waals surface area contributed by atoms with Crippen LogP contribution in [0.3, 0.4) is 0 Å². The van der Waals surface area contributed by atoms with Crippen LogP contribution in [0.25, 0.3) is 0 Å². The topological polar surface area (TPSA) is 74.2 Å². The molecule has 1 atom stereocenters. The zero-order valence-electron chi connectivity index (χ0n) is 9.69. The monoisotopic (exact) mass is 225 g/mol. The van der Waals surface area contributed by atoms with Gasteiger partial charge in [0.05, 0.1) is 12.6 Å². The van der Waals surface area contributed by atoms with Gasteiger partial charge in [0.15, 0.2) is 5.82 Å². The fourth-order valence-corrected chi connectivity index (χ4v) is 2.22. The molecule has 5 heteroatoms. The molecule has 1 aliphatic carbocycles. The first-order valence-corrected chi connectivity index (χ1v) is 5.86. The van der Waals surface area contributed by atoms with Crippen LogP contribution in [0.15, 0.2) is 4.52 Å². The molecule has 0 aliphatic heterocycles. The van der Waals surface area contributed by atoms with E-state index in [2.05, 4.69) is 10.1 Å². The second-order valence-electron chi connectivity index (χ2n) is 4.46. The third kappa shape index (κ3) is 2.80. The zero-order valence-corrected chi connectivity index (χ0v) is 9.69. The highest BCUT2D eigenvalue weighted by Crippen LogP contribution is 2.27. The summed E-state index contributed by atoms with van der Waals surface area (Å²) in [5, 5.41) is 3.89. The molecule has 0 amide bonds. The number of nitrogens with zero attached hydrogens (tertiary/aromatic N) is 2. The van der Waals surface area contributed by atoms with Crippen molar-refractivity contribution < 1.29 is 9.26 Å². The number of ether oxygens (including phenoxy) is 1. The fourth-order valence-electron chi connectivity index (χ4n) is 2.22. The van der Waals surface area contributed by atoms with Gasteiger partial charge in [-0.3, -0.25) is 0 Å². The van der Waals surface area contributed by atoms with Crippen LogP contribution in [-0.4, -0.2) is 23.9 Å². The minimum absolute atomic E-state index is 0.286. The molecule has 1 fully saturated rings. The molecule has 16 heavy (non-hydrogen) atoms. The van der Waals surface area contributed by atoms with Crippen LogP contribution in [-0.2, 0) is 11.2 Å². The maximum Gasteiger partial charge on any atom is 0.226 e. The van der Waals surface area contributed by atoms with E-state index < -0.39 is 0 Å². The summed E-state index contributed by atoms with van der Waals surface area (Å²) in [5.41, 5.74) is 5.82. The number of hydrogen-bond donors (Lipinski definition) is 1. The molecule has 90 valence electrons. The first kappa shape index (κ1) is 11.5. The van der Waals surface area contributed by atoms with E-state index in [1.165, 1.54) is 25.7 Å². The maximum atomic E-state index is 5.82. The van der Waals surface area contributed by atoms with Gasteiger partial charge in [-0.1, -0.05) is 18.0 Å². The fraction of sp³-hybridized carbons (Fsp3) is 0.818. The average molecular weight is 225 g/mol. The molecule has 2 N–H and O–H groups in total. The third-order valence-electron chi connectivity index (χ3n) is 3.10. The van der Waals surface area contributed by atoms with E-state index in [-0.39, 0.29) is 6.04 Å². The second kappa shape index (κ2) is 5.41. The second-order valence-corrected chi connectivity index (χ2v) is 4.46. The SMILES string of the molecule is COCC(N)c1noc(CC2CCCC2)n1. The summed E-state index contributed by atoms with van der Waals surface area (Å²) in [6.45, 7) is 0.419. The van der Waals surface area contributed by atoms with E-state index in [4.69, 9.17) is 15.0 Å². The molecule has 1 unspecified atom stereocenters. The van der Waals surface area contributed by atoms with Gasteiger partial charge in [0.25, 0.3) is 0 Å². The Bertz CT molecular complexity index is 321. The molecule has 1 heterocycles. The van der Waals surface area contributed by atoms with Crippen LogP contribution in [0.2, 0.25) is 0 Å². The molecule has 0 radical (unpaired) electrons. The summed E-state index contributed by atoms with van der Waals surface area (Å²) < 4.78 is 10.2. The predicted octanol–water partition coefficient (Wildman–Crippen LogP) is 1.45. The normalized spacial score (nSPS) is 19.1. The van der Waals surface area contributed by atoms with E-state index in [0.29, 0.717) is 24.2 Å². The number of rotatable bonds is 5. The maximum absolute atomic E-state index is 5.82. The lowest BCUT2D eigenvalue weighted by atomic mass is 10.0. The number of aromatic nitrogens is 2.